The topological polar surface area (TPSA) is 26.0 Å². The summed E-state index contributed by atoms with van der Waals surface area (Å²) >= 11 is 0. The van der Waals surface area contributed by atoms with Crippen LogP contribution in [0.4, 0.5) is 0 Å². The van der Waals surface area contributed by atoms with Crippen molar-refractivity contribution in [1.29, 1.82) is 0 Å². The lowest BCUT2D eigenvalue weighted by atomic mass is 10.0. The van der Waals surface area contributed by atoms with Crippen LogP contribution < -0.4 is 0 Å². The molecule has 2 nitrogen and oxygen atoms in total. The van der Waals surface area contributed by atoms with Crippen LogP contribution in [-0.2, 0) is 0 Å². The van der Waals surface area contributed by atoms with Gasteiger partial charge in [0.05, 0.1) is 0 Å². The molecular weight excluding hydrogens is 246 g/mol. The Bertz CT molecular complexity index is 904. The van der Waals surface area contributed by atoms with Gasteiger partial charge < -0.3 is 4.42 Å². The monoisotopic (exact) mass is 259 g/mol. The van der Waals surface area contributed by atoms with E-state index in [0.717, 1.165) is 33.2 Å². The largest absolute Gasteiger partial charge is 0.454 e. The van der Waals surface area contributed by atoms with Gasteiger partial charge in [0.15, 0.2) is 5.58 Å². The fraction of sp³-hybridized carbons (Fsp3) is 0.0556. The Hall–Kier alpha value is -2.61. The Morgan fingerprint density at radius 2 is 1.70 bits per heavy atom. The molecule has 0 saturated carbocycles. The molecule has 96 valence electrons. The predicted octanol–water partition coefficient (Wildman–Crippen LogP) is 4.96. The van der Waals surface area contributed by atoms with Crippen LogP contribution >= 0.6 is 0 Å². The number of rotatable bonds is 1. The van der Waals surface area contributed by atoms with Crippen LogP contribution in [0.5, 0.6) is 0 Å². The lowest BCUT2D eigenvalue weighted by Gasteiger charge is -2.02. The van der Waals surface area contributed by atoms with Gasteiger partial charge in [-0.25, -0.2) is 0 Å². The number of hydrogen-bond acceptors (Lipinski definition) is 2. The number of aryl methyl sites for hydroxylation is 1. The van der Waals surface area contributed by atoms with Crippen LogP contribution in [0.15, 0.2) is 65.2 Å². The lowest BCUT2D eigenvalue weighted by molar-refractivity contribution is 0.669. The Kier molecular flexibility index (Phi) is 2.36. The van der Waals surface area contributed by atoms with E-state index >= 15 is 0 Å². The van der Waals surface area contributed by atoms with Gasteiger partial charge in [0, 0.05) is 17.1 Å². The standard InChI is InChI=1S/C18H13NO/c1-12-6-8-13(9-7-12)14-10-11-19-17-15-4-2-3-5-16(15)20-18(14)17/h2-11H,1H3. The maximum atomic E-state index is 6.01. The average molecular weight is 259 g/mol. The van der Waals surface area contributed by atoms with Crippen molar-refractivity contribution in [2.75, 3.05) is 0 Å². The van der Waals surface area contributed by atoms with Gasteiger partial charge in [-0.2, -0.15) is 0 Å². The van der Waals surface area contributed by atoms with Crippen LogP contribution in [0.2, 0.25) is 0 Å². The molecule has 0 aliphatic rings. The minimum absolute atomic E-state index is 0.859. The quantitative estimate of drug-likeness (QED) is 0.483. The molecule has 0 atom stereocenters. The molecule has 0 N–H and O–H groups in total. The molecule has 20 heavy (non-hydrogen) atoms. The highest BCUT2D eigenvalue weighted by Crippen LogP contribution is 2.34. The zero-order valence-corrected chi connectivity index (χ0v) is 11.1. The molecule has 0 unspecified atom stereocenters. The van der Waals surface area contributed by atoms with E-state index in [0.29, 0.717) is 0 Å². The van der Waals surface area contributed by atoms with Crippen molar-refractivity contribution in [2.24, 2.45) is 0 Å². The number of nitrogens with zero attached hydrogens (tertiary/aromatic N) is 1. The third-order valence-corrected chi connectivity index (χ3v) is 3.62. The van der Waals surface area contributed by atoms with Gasteiger partial charge in [-0.3, -0.25) is 4.98 Å². The molecule has 2 heterocycles. The van der Waals surface area contributed by atoms with Crippen LogP contribution in [0.25, 0.3) is 33.2 Å². The number of aromatic nitrogens is 1. The molecular formula is C18H13NO. The summed E-state index contributed by atoms with van der Waals surface area (Å²) in [6, 6.07) is 18.5. The van der Waals surface area contributed by atoms with E-state index in [9.17, 15) is 0 Å². The van der Waals surface area contributed by atoms with E-state index in [-0.39, 0.29) is 0 Å². The first-order valence-electron chi connectivity index (χ1n) is 6.66. The number of fused-ring (bicyclic) bond motifs is 3. The molecule has 2 aromatic heterocycles. The molecule has 0 spiro atoms. The molecule has 4 aromatic rings. The van der Waals surface area contributed by atoms with Gasteiger partial charge in [0.2, 0.25) is 0 Å². The summed E-state index contributed by atoms with van der Waals surface area (Å²) in [5.41, 5.74) is 6.17. The fourth-order valence-electron chi connectivity index (χ4n) is 2.57. The molecule has 0 bridgehead atoms. The van der Waals surface area contributed by atoms with E-state index in [1.54, 1.807) is 0 Å². The molecule has 0 radical (unpaired) electrons. The number of pyridine rings is 1. The number of hydrogen-bond donors (Lipinski definition) is 0. The number of para-hydroxylation sites is 1. The Morgan fingerprint density at radius 3 is 2.55 bits per heavy atom. The third-order valence-electron chi connectivity index (χ3n) is 3.62. The van der Waals surface area contributed by atoms with Crippen LogP contribution in [0, 0.1) is 6.92 Å². The second-order valence-electron chi connectivity index (χ2n) is 5.00. The maximum Gasteiger partial charge on any atom is 0.161 e. The van der Waals surface area contributed by atoms with Crippen molar-refractivity contribution in [1.82, 2.24) is 4.98 Å². The van der Waals surface area contributed by atoms with Crippen molar-refractivity contribution in [2.45, 2.75) is 6.92 Å². The van der Waals surface area contributed by atoms with E-state index in [4.69, 9.17) is 4.42 Å². The average Bonchev–Trinajstić information content (AvgIpc) is 2.87. The summed E-state index contributed by atoms with van der Waals surface area (Å²) < 4.78 is 6.01. The number of benzene rings is 2. The van der Waals surface area contributed by atoms with E-state index < -0.39 is 0 Å². The zero-order valence-electron chi connectivity index (χ0n) is 11.1. The van der Waals surface area contributed by atoms with E-state index in [2.05, 4.69) is 36.2 Å². The van der Waals surface area contributed by atoms with Gasteiger partial charge in [-0.1, -0.05) is 42.0 Å². The summed E-state index contributed by atoms with van der Waals surface area (Å²) in [6.45, 7) is 2.09. The highest BCUT2D eigenvalue weighted by Gasteiger charge is 2.12. The Labute approximate surface area is 116 Å². The molecule has 2 aromatic carbocycles. The van der Waals surface area contributed by atoms with Gasteiger partial charge in [-0.15, -0.1) is 0 Å². The normalized spacial score (nSPS) is 11.2. The van der Waals surface area contributed by atoms with Gasteiger partial charge in [-0.05, 0) is 30.7 Å². The summed E-state index contributed by atoms with van der Waals surface area (Å²) in [4.78, 5) is 4.48. The highest BCUT2D eigenvalue weighted by molar-refractivity contribution is 6.07. The first kappa shape index (κ1) is 11.2. The second kappa shape index (κ2) is 4.20. The van der Waals surface area contributed by atoms with E-state index in [1.807, 2.05) is 36.5 Å². The van der Waals surface area contributed by atoms with Crippen LogP contribution in [0.3, 0.4) is 0 Å². The predicted molar refractivity (Wildman–Crippen MR) is 81.7 cm³/mol. The highest BCUT2D eigenvalue weighted by atomic mass is 16.3. The third kappa shape index (κ3) is 1.62. The molecule has 2 heteroatoms. The van der Waals surface area contributed by atoms with Crippen LogP contribution in [-0.4, -0.2) is 4.98 Å². The fourth-order valence-corrected chi connectivity index (χ4v) is 2.57. The second-order valence-corrected chi connectivity index (χ2v) is 5.00. The molecule has 0 aliphatic heterocycles. The SMILES string of the molecule is Cc1ccc(-c2ccnc3c2oc2ccccc23)cc1. The van der Waals surface area contributed by atoms with Crippen molar-refractivity contribution < 1.29 is 4.42 Å². The molecule has 0 amide bonds. The van der Waals surface area contributed by atoms with Crippen molar-refractivity contribution in [3.05, 3.63) is 66.4 Å². The van der Waals surface area contributed by atoms with Gasteiger partial charge >= 0.3 is 0 Å². The van der Waals surface area contributed by atoms with Gasteiger partial charge in [0.25, 0.3) is 0 Å². The Morgan fingerprint density at radius 1 is 0.900 bits per heavy atom. The summed E-state index contributed by atoms with van der Waals surface area (Å²) in [6.07, 6.45) is 1.85. The van der Waals surface area contributed by atoms with Crippen molar-refractivity contribution >= 4 is 22.1 Å². The van der Waals surface area contributed by atoms with Crippen LogP contribution in [0.1, 0.15) is 5.56 Å². The number of furan rings is 1. The van der Waals surface area contributed by atoms with Crippen molar-refractivity contribution in [3.63, 3.8) is 0 Å². The first-order valence-corrected chi connectivity index (χ1v) is 6.66. The molecule has 0 aliphatic carbocycles. The molecule has 0 saturated heterocycles. The smallest absolute Gasteiger partial charge is 0.161 e. The summed E-state index contributed by atoms with van der Waals surface area (Å²) in [5.74, 6) is 0. The summed E-state index contributed by atoms with van der Waals surface area (Å²) in [5, 5.41) is 1.07. The minimum Gasteiger partial charge on any atom is -0.454 e. The molecule has 4 rings (SSSR count). The maximum absolute atomic E-state index is 6.01. The summed E-state index contributed by atoms with van der Waals surface area (Å²) in [7, 11) is 0. The molecule has 0 fully saturated rings. The first-order chi connectivity index (χ1) is 9.83. The zero-order chi connectivity index (χ0) is 13.5. The minimum atomic E-state index is 0.859. The lowest BCUT2D eigenvalue weighted by Crippen LogP contribution is -1.81. The van der Waals surface area contributed by atoms with Gasteiger partial charge in [0.1, 0.15) is 11.1 Å². The van der Waals surface area contributed by atoms with Crippen molar-refractivity contribution in [3.8, 4) is 11.1 Å². The van der Waals surface area contributed by atoms with E-state index in [1.165, 1.54) is 5.56 Å². The Balaban J connectivity index is 2.07.